The Bertz CT molecular complexity index is 426. The van der Waals surface area contributed by atoms with Crippen molar-refractivity contribution in [3.05, 3.63) is 29.8 Å². The van der Waals surface area contributed by atoms with E-state index in [1.54, 1.807) is 7.11 Å². The summed E-state index contributed by atoms with van der Waals surface area (Å²) in [5.74, 6) is 2.65. The van der Waals surface area contributed by atoms with Gasteiger partial charge in [-0.2, -0.15) is 0 Å². The number of rotatable bonds is 5. The number of benzene rings is 1. The Morgan fingerprint density at radius 2 is 2.05 bits per heavy atom. The molecule has 2 rings (SSSR count). The van der Waals surface area contributed by atoms with Gasteiger partial charge in [0.2, 0.25) is 0 Å². The average molecular weight is 281 g/mol. The molecule has 1 aromatic rings. The third-order valence-electron chi connectivity index (χ3n) is 3.63. The lowest BCUT2D eigenvalue weighted by Gasteiger charge is -2.26. The van der Waals surface area contributed by atoms with E-state index in [1.807, 2.05) is 18.2 Å². The molecule has 1 aromatic carbocycles. The molecule has 1 N–H and O–H groups in total. The first-order valence-corrected chi connectivity index (χ1v) is 8.40. The Morgan fingerprint density at radius 1 is 1.37 bits per heavy atom. The summed E-state index contributed by atoms with van der Waals surface area (Å²) in [6, 6.07) is 9.10. The van der Waals surface area contributed by atoms with E-state index in [-0.39, 0.29) is 0 Å². The lowest BCUT2D eigenvalue weighted by atomic mass is 10.0. The summed E-state index contributed by atoms with van der Waals surface area (Å²) in [4.78, 5) is 0. The number of methoxy groups -OCH3 is 1. The van der Waals surface area contributed by atoms with E-state index in [1.165, 1.54) is 5.56 Å². The highest BCUT2D eigenvalue weighted by molar-refractivity contribution is 7.85. The fraction of sp³-hybridized carbons (Fsp3) is 0.600. The molecule has 0 radical (unpaired) electrons. The number of nitrogens with one attached hydrogen (secondary N) is 1. The highest BCUT2D eigenvalue weighted by atomic mass is 32.2. The predicted molar refractivity (Wildman–Crippen MR) is 80.2 cm³/mol. The van der Waals surface area contributed by atoms with Crippen molar-refractivity contribution >= 4 is 10.8 Å². The second kappa shape index (κ2) is 7.06. The van der Waals surface area contributed by atoms with E-state index in [4.69, 9.17) is 4.74 Å². The molecule has 0 spiro atoms. The summed E-state index contributed by atoms with van der Waals surface area (Å²) in [6.07, 6.45) is 3.02. The van der Waals surface area contributed by atoms with Crippen LogP contribution in [0.1, 0.15) is 25.3 Å². The molecule has 0 aliphatic carbocycles. The van der Waals surface area contributed by atoms with Crippen LogP contribution in [0.4, 0.5) is 0 Å². The monoisotopic (exact) mass is 281 g/mol. The van der Waals surface area contributed by atoms with Crippen LogP contribution in [-0.4, -0.2) is 34.9 Å². The zero-order valence-electron chi connectivity index (χ0n) is 11.7. The van der Waals surface area contributed by atoms with E-state index in [9.17, 15) is 4.21 Å². The molecule has 106 valence electrons. The minimum Gasteiger partial charge on any atom is -0.496 e. The minimum absolute atomic E-state index is 0.410. The van der Waals surface area contributed by atoms with Gasteiger partial charge in [0.25, 0.3) is 0 Å². The van der Waals surface area contributed by atoms with Gasteiger partial charge < -0.3 is 10.1 Å². The summed E-state index contributed by atoms with van der Waals surface area (Å²) in [5.41, 5.74) is 1.24. The van der Waals surface area contributed by atoms with Gasteiger partial charge in [-0.25, -0.2) is 0 Å². The molecule has 1 aliphatic heterocycles. The largest absolute Gasteiger partial charge is 0.496 e. The summed E-state index contributed by atoms with van der Waals surface area (Å²) in [6.45, 7) is 2.21. The molecular formula is C15H23NO2S. The molecule has 1 fully saturated rings. The molecule has 1 unspecified atom stereocenters. The Balaban J connectivity index is 1.87. The lowest BCUT2D eigenvalue weighted by Crippen LogP contribution is -2.41. The second-order valence-corrected chi connectivity index (χ2v) is 6.90. The van der Waals surface area contributed by atoms with Crippen molar-refractivity contribution in [3.63, 3.8) is 0 Å². The standard InChI is InChI=1S/C15H23NO2S/c1-12(16-14-7-9-19(17)10-8-14)11-13-5-3-4-6-15(13)18-2/h3-6,12,14,16H,7-11H2,1-2H3. The highest BCUT2D eigenvalue weighted by Gasteiger charge is 2.19. The van der Waals surface area contributed by atoms with E-state index in [0.717, 1.165) is 36.5 Å². The van der Waals surface area contributed by atoms with Gasteiger partial charge in [0.15, 0.2) is 0 Å². The molecule has 0 aromatic heterocycles. The van der Waals surface area contributed by atoms with Crippen LogP contribution in [0.3, 0.4) is 0 Å². The average Bonchev–Trinajstić information content (AvgIpc) is 2.42. The van der Waals surface area contributed by atoms with Crippen LogP contribution >= 0.6 is 0 Å². The molecule has 0 bridgehead atoms. The first-order chi connectivity index (χ1) is 9.19. The molecule has 0 amide bonds. The third-order valence-corrected chi connectivity index (χ3v) is 5.01. The van der Waals surface area contributed by atoms with Crippen LogP contribution < -0.4 is 10.1 Å². The Hall–Kier alpha value is -0.870. The number of hydrogen-bond donors (Lipinski definition) is 1. The first-order valence-electron chi connectivity index (χ1n) is 6.92. The fourth-order valence-electron chi connectivity index (χ4n) is 2.62. The van der Waals surface area contributed by atoms with Crippen molar-refractivity contribution in [1.82, 2.24) is 5.32 Å². The van der Waals surface area contributed by atoms with Gasteiger partial charge in [-0.05, 0) is 37.8 Å². The maximum Gasteiger partial charge on any atom is 0.122 e. The number of para-hydroxylation sites is 1. The molecular weight excluding hydrogens is 258 g/mol. The van der Waals surface area contributed by atoms with Crippen molar-refractivity contribution in [2.24, 2.45) is 0 Å². The molecule has 19 heavy (non-hydrogen) atoms. The van der Waals surface area contributed by atoms with Crippen LogP contribution in [-0.2, 0) is 17.2 Å². The van der Waals surface area contributed by atoms with Crippen LogP contribution in [0.25, 0.3) is 0 Å². The van der Waals surface area contributed by atoms with Gasteiger partial charge in [0, 0.05) is 34.4 Å². The highest BCUT2D eigenvalue weighted by Crippen LogP contribution is 2.19. The van der Waals surface area contributed by atoms with Crippen molar-refractivity contribution in [1.29, 1.82) is 0 Å². The SMILES string of the molecule is COc1ccccc1CC(C)NC1CCS(=O)CC1. The van der Waals surface area contributed by atoms with Crippen molar-refractivity contribution in [2.45, 2.75) is 38.3 Å². The molecule has 1 saturated heterocycles. The van der Waals surface area contributed by atoms with Gasteiger partial charge in [-0.1, -0.05) is 18.2 Å². The Labute approximate surface area is 118 Å². The van der Waals surface area contributed by atoms with Crippen molar-refractivity contribution in [3.8, 4) is 5.75 Å². The molecule has 3 nitrogen and oxygen atoms in total. The minimum atomic E-state index is -0.579. The van der Waals surface area contributed by atoms with Crippen LogP contribution in [0, 0.1) is 0 Å². The van der Waals surface area contributed by atoms with E-state index in [0.29, 0.717) is 12.1 Å². The second-order valence-electron chi connectivity index (χ2n) is 5.21. The Morgan fingerprint density at radius 3 is 2.74 bits per heavy atom. The van der Waals surface area contributed by atoms with Gasteiger partial charge in [-0.15, -0.1) is 0 Å². The fourth-order valence-corrected chi connectivity index (χ4v) is 3.92. The zero-order valence-corrected chi connectivity index (χ0v) is 12.5. The van der Waals surface area contributed by atoms with Crippen molar-refractivity contribution < 1.29 is 8.95 Å². The van der Waals surface area contributed by atoms with Gasteiger partial charge in [0.05, 0.1) is 7.11 Å². The number of ether oxygens (including phenoxy) is 1. The quantitative estimate of drug-likeness (QED) is 0.898. The molecule has 1 aliphatic rings. The first kappa shape index (κ1) is 14.5. The van der Waals surface area contributed by atoms with Crippen LogP contribution in [0.15, 0.2) is 24.3 Å². The van der Waals surface area contributed by atoms with Gasteiger partial charge >= 0.3 is 0 Å². The van der Waals surface area contributed by atoms with Gasteiger partial charge in [-0.3, -0.25) is 4.21 Å². The summed E-state index contributed by atoms with van der Waals surface area (Å²) in [5, 5.41) is 3.65. The topological polar surface area (TPSA) is 38.3 Å². The lowest BCUT2D eigenvalue weighted by molar-refractivity contribution is 0.394. The maximum absolute atomic E-state index is 11.3. The third kappa shape index (κ3) is 4.32. The van der Waals surface area contributed by atoms with Crippen LogP contribution in [0.5, 0.6) is 5.75 Å². The van der Waals surface area contributed by atoms with E-state index >= 15 is 0 Å². The molecule has 0 saturated carbocycles. The van der Waals surface area contributed by atoms with Gasteiger partial charge in [0.1, 0.15) is 5.75 Å². The maximum atomic E-state index is 11.3. The normalized spacial score (nSPS) is 24.9. The van der Waals surface area contributed by atoms with E-state index < -0.39 is 10.8 Å². The summed E-state index contributed by atoms with van der Waals surface area (Å²) >= 11 is 0. The van der Waals surface area contributed by atoms with E-state index in [2.05, 4.69) is 18.3 Å². The molecule has 1 heterocycles. The molecule has 4 heteroatoms. The summed E-state index contributed by atoms with van der Waals surface area (Å²) < 4.78 is 16.7. The Kier molecular flexibility index (Phi) is 5.40. The number of hydrogen-bond acceptors (Lipinski definition) is 3. The smallest absolute Gasteiger partial charge is 0.122 e. The summed E-state index contributed by atoms with van der Waals surface area (Å²) in [7, 11) is 1.14. The van der Waals surface area contributed by atoms with Crippen LogP contribution in [0.2, 0.25) is 0 Å². The molecule has 1 atom stereocenters. The predicted octanol–water partition coefficient (Wildman–Crippen LogP) is 2.13. The van der Waals surface area contributed by atoms with Crippen molar-refractivity contribution in [2.75, 3.05) is 18.6 Å². The zero-order chi connectivity index (χ0) is 13.7.